The van der Waals surface area contributed by atoms with Gasteiger partial charge in [-0.2, -0.15) is 0 Å². The first-order valence-electron chi connectivity index (χ1n) is 5.89. The molecule has 0 unspecified atom stereocenters. The Kier molecular flexibility index (Phi) is 3.93. The van der Waals surface area contributed by atoms with E-state index >= 15 is 0 Å². The zero-order valence-electron chi connectivity index (χ0n) is 10.7. The summed E-state index contributed by atoms with van der Waals surface area (Å²) in [6.45, 7) is 1.82. The zero-order chi connectivity index (χ0) is 14.7. The van der Waals surface area contributed by atoms with Gasteiger partial charge in [-0.1, -0.05) is 6.07 Å². The van der Waals surface area contributed by atoms with E-state index in [1.54, 1.807) is 19.1 Å². The average Bonchev–Trinajstić information content (AvgIpc) is 2.36. The van der Waals surface area contributed by atoms with Crippen LogP contribution in [0.1, 0.15) is 11.1 Å². The molecule has 0 amide bonds. The number of aryl methyl sites for hydroxylation is 1. The summed E-state index contributed by atoms with van der Waals surface area (Å²) in [6, 6.07) is 7.90. The molecule has 0 saturated heterocycles. The second-order valence-corrected chi connectivity index (χ2v) is 4.39. The molecule has 2 rings (SSSR count). The van der Waals surface area contributed by atoms with E-state index in [4.69, 9.17) is 0 Å². The maximum Gasteiger partial charge on any atom is 0.274 e. The van der Waals surface area contributed by atoms with Crippen LogP contribution in [0.5, 0.6) is 0 Å². The van der Waals surface area contributed by atoms with Crippen LogP contribution < -0.4 is 5.32 Å². The number of halogens is 2. The third kappa shape index (κ3) is 3.28. The number of hydrogen-bond donors (Lipinski definition) is 1. The van der Waals surface area contributed by atoms with Crippen molar-refractivity contribution < 1.29 is 13.7 Å². The van der Waals surface area contributed by atoms with Crippen molar-refractivity contribution in [3.05, 3.63) is 69.3 Å². The van der Waals surface area contributed by atoms with E-state index in [0.29, 0.717) is 16.8 Å². The molecular weight excluding hydrogens is 266 g/mol. The quantitative estimate of drug-likeness (QED) is 0.683. The third-order valence-electron chi connectivity index (χ3n) is 2.82. The van der Waals surface area contributed by atoms with Crippen molar-refractivity contribution >= 4 is 11.4 Å². The summed E-state index contributed by atoms with van der Waals surface area (Å²) in [4.78, 5) is 10.3. The molecule has 4 nitrogen and oxygen atoms in total. The van der Waals surface area contributed by atoms with Crippen molar-refractivity contribution in [2.24, 2.45) is 0 Å². The van der Waals surface area contributed by atoms with Gasteiger partial charge in [0.05, 0.1) is 4.92 Å². The molecule has 1 N–H and O–H groups in total. The second kappa shape index (κ2) is 5.64. The van der Waals surface area contributed by atoms with Crippen molar-refractivity contribution in [2.75, 3.05) is 5.32 Å². The van der Waals surface area contributed by atoms with Gasteiger partial charge in [0.1, 0.15) is 11.6 Å². The summed E-state index contributed by atoms with van der Waals surface area (Å²) in [5.74, 6) is -1.31. The van der Waals surface area contributed by atoms with Gasteiger partial charge >= 0.3 is 0 Å². The summed E-state index contributed by atoms with van der Waals surface area (Å²) in [5.41, 5.74) is 1.50. The number of hydrogen-bond acceptors (Lipinski definition) is 3. The lowest BCUT2D eigenvalue weighted by Crippen LogP contribution is -2.01. The molecule has 6 heteroatoms. The highest BCUT2D eigenvalue weighted by molar-refractivity contribution is 5.55. The number of benzene rings is 2. The lowest BCUT2D eigenvalue weighted by molar-refractivity contribution is -0.385. The molecule has 0 radical (unpaired) electrons. The fourth-order valence-corrected chi connectivity index (χ4v) is 1.83. The van der Waals surface area contributed by atoms with Crippen LogP contribution in [0.2, 0.25) is 0 Å². The fraction of sp³-hybridized carbons (Fsp3) is 0.143. The van der Waals surface area contributed by atoms with Gasteiger partial charge in [0.2, 0.25) is 0 Å². The predicted octanol–water partition coefficient (Wildman–Crippen LogP) is 3.79. The lowest BCUT2D eigenvalue weighted by atomic mass is 10.1. The molecule has 2 aromatic rings. The summed E-state index contributed by atoms with van der Waals surface area (Å²) < 4.78 is 26.0. The Balaban J connectivity index is 2.14. The molecule has 0 bridgehead atoms. The summed E-state index contributed by atoms with van der Waals surface area (Å²) >= 11 is 0. The topological polar surface area (TPSA) is 55.2 Å². The SMILES string of the molecule is Cc1ccc(NCc2cc(F)cc(F)c2)cc1[N+](=O)[O-]. The van der Waals surface area contributed by atoms with Crippen molar-refractivity contribution in [3.8, 4) is 0 Å². The number of nitro groups is 1. The van der Waals surface area contributed by atoms with E-state index in [0.717, 1.165) is 6.07 Å². The Hall–Kier alpha value is -2.50. The minimum Gasteiger partial charge on any atom is -0.381 e. The van der Waals surface area contributed by atoms with Crippen LogP contribution in [0, 0.1) is 28.7 Å². The molecule has 0 aliphatic rings. The first-order chi connectivity index (χ1) is 9.45. The highest BCUT2D eigenvalue weighted by atomic mass is 19.1. The highest BCUT2D eigenvalue weighted by Crippen LogP contribution is 2.22. The number of nitrogens with one attached hydrogen (secondary N) is 1. The molecule has 0 heterocycles. The maximum absolute atomic E-state index is 13.0. The number of nitro benzene ring substituents is 1. The molecule has 0 aromatic heterocycles. The van der Waals surface area contributed by atoms with Gasteiger partial charge < -0.3 is 5.32 Å². The maximum atomic E-state index is 13.0. The first kappa shape index (κ1) is 13.9. The van der Waals surface area contributed by atoms with E-state index in [1.807, 2.05) is 0 Å². The van der Waals surface area contributed by atoms with Gasteiger partial charge in [-0.15, -0.1) is 0 Å². The highest BCUT2D eigenvalue weighted by Gasteiger charge is 2.10. The van der Waals surface area contributed by atoms with Crippen molar-refractivity contribution in [1.82, 2.24) is 0 Å². The molecule has 104 valence electrons. The van der Waals surface area contributed by atoms with E-state index < -0.39 is 16.6 Å². The molecule has 2 aromatic carbocycles. The van der Waals surface area contributed by atoms with Gasteiger partial charge in [0.25, 0.3) is 5.69 Å². The zero-order valence-corrected chi connectivity index (χ0v) is 10.7. The Morgan fingerprint density at radius 3 is 2.40 bits per heavy atom. The van der Waals surface area contributed by atoms with Crippen LogP contribution in [0.25, 0.3) is 0 Å². The fourth-order valence-electron chi connectivity index (χ4n) is 1.83. The van der Waals surface area contributed by atoms with Gasteiger partial charge in [-0.3, -0.25) is 10.1 Å². The number of nitrogens with zero attached hydrogens (tertiary/aromatic N) is 1. The van der Waals surface area contributed by atoms with E-state index in [9.17, 15) is 18.9 Å². The number of anilines is 1. The van der Waals surface area contributed by atoms with Crippen LogP contribution in [0.3, 0.4) is 0 Å². The average molecular weight is 278 g/mol. The lowest BCUT2D eigenvalue weighted by Gasteiger charge is -2.07. The predicted molar refractivity (Wildman–Crippen MR) is 71.5 cm³/mol. The Bertz CT molecular complexity index is 639. The van der Waals surface area contributed by atoms with Crippen LogP contribution in [-0.4, -0.2) is 4.92 Å². The largest absolute Gasteiger partial charge is 0.381 e. The second-order valence-electron chi connectivity index (χ2n) is 4.39. The van der Waals surface area contributed by atoms with E-state index in [2.05, 4.69) is 5.32 Å². The smallest absolute Gasteiger partial charge is 0.274 e. The van der Waals surface area contributed by atoms with Gasteiger partial charge in [-0.05, 0) is 30.7 Å². The summed E-state index contributed by atoms with van der Waals surface area (Å²) in [6.07, 6.45) is 0. The molecule has 0 saturated carbocycles. The molecule has 0 fully saturated rings. The molecule has 20 heavy (non-hydrogen) atoms. The van der Waals surface area contributed by atoms with Crippen molar-refractivity contribution in [3.63, 3.8) is 0 Å². The molecular formula is C14H12F2N2O2. The summed E-state index contributed by atoms with van der Waals surface area (Å²) in [7, 11) is 0. The molecule has 0 aliphatic carbocycles. The first-order valence-corrected chi connectivity index (χ1v) is 5.89. The Morgan fingerprint density at radius 1 is 1.15 bits per heavy atom. The van der Waals surface area contributed by atoms with E-state index in [1.165, 1.54) is 18.2 Å². The van der Waals surface area contributed by atoms with Crippen LogP contribution in [0.4, 0.5) is 20.2 Å². The number of rotatable bonds is 4. The van der Waals surface area contributed by atoms with Crippen LogP contribution >= 0.6 is 0 Å². The van der Waals surface area contributed by atoms with Crippen molar-refractivity contribution in [2.45, 2.75) is 13.5 Å². The molecule has 0 atom stereocenters. The molecule has 0 aliphatic heterocycles. The van der Waals surface area contributed by atoms with Gasteiger partial charge in [0, 0.05) is 29.9 Å². The monoisotopic (exact) mass is 278 g/mol. The van der Waals surface area contributed by atoms with Crippen molar-refractivity contribution in [1.29, 1.82) is 0 Å². The standard InChI is InChI=1S/C14H12F2N2O2/c1-9-2-3-13(7-14(9)18(19)20)17-8-10-4-11(15)6-12(16)5-10/h2-7,17H,8H2,1H3. The van der Waals surface area contributed by atoms with E-state index in [-0.39, 0.29) is 12.2 Å². The van der Waals surface area contributed by atoms with Crippen LogP contribution in [-0.2, 0) is 6.54 Å². The van der Waals surface area contributed by atoms with Gasteiger partial charge in [-0.25, -0.2) is 8.78 Å². The minimum absolute atomic E-state index is 0.000391. The Morgan fingerprint density at radius 2 is 1.80 bits per heavy atom. The minimum atomic E-state index is -0.656. The molecule has 0 spiro atoms. The third-order valence-corrected chi connectivity index (χ3v) is 2.82. The van der Waals surface area contributed by atoms with Gasteiger partial charge in [0.15, 0.2) is 0 Å². The van der Waals surface area contributed by atoms with Crippen LogP contribution in [0.15, 0.2) is 36.4 Å². The normalized spacial score (nSPS) is 10.3. The Labute approximate surface area is 114 Å². The summed E-state index contributed by atoms with van der Waals surface area (Å²) in [5, 5.41) is 13.7.